The van der Waals surface area contributed by atoms with Gasteiger partial charge in [0.15, 0.2) is 8.68 Å². The van der Waals surface area contributed by atoms with Gasteiger partial charge in [0.1, 0.15) is 10.0 Å². The van der Waals surface area contributed by atoms with E-state index >= 15 is 0 Å². The second kappa shape index (κ2) is 13.2. The van der Waals surface area contributed by atoms with Gasteiger partial charge in [-0.3, -0.25) is 9.59 Å². The number of halogens is 6. The van der Waals surface area contributed by atoms with Crippen LogP contribution in [0.1, 0.15) is 21.1 Å². The van der Waals surface area contributed by atoms with Crippen molar-refractivity contribution >= 4 is 69.4 Å². The second-order valence-electron chi connectivity index (χ2n) is 8.75. The van der Waals surface area contributed by atoms with E-state index in [0.29, 0.717) is 43.0 Å². The molecule has 228 valence electrons. The number of nitrogens with zero attached hydrogens (tertiary/aromatic N) is 4. The Balaban J connectivity index is 1.52. The van der Waals surface area contributed by atoms with Gasteiger partial charge in [-0.2, -0.15) is 26.3 Å². The molecule has 0 saturated heterocycles. The van der Waals surface area contributed by atoms with Crippen LogP contribution in [0, 0.1) is 13.8 Å². The van der Waals surface area contributed by atoms with Crippen LogP contribution >= 0.6 is 46.2 Å². The molecule has 2 aromatic heterocycles. The number of aromatic nitrogens is 4. The number of thioether (sulfide) groups is 2. The van der Waals surface area contributed by atoms with Crippen molar-refractivity contribution in [3.63, 3.8) is 0 Å². The van der Waals surface area contributed by atoms with Crippen LogP contribution in [0.25, 0.3) is 0 Å². The first-order valence-electron chi connectivity index (χ1n) is 12.0. The summed E-state index contributed by atoms with van der Waals surface area (Å²) in [7, 11) is 0. The average molecular weight is 679 g/mol. The van der Waals surface area contributed by atoms with Crippen molar-refractivity contribution in [2.45, 2.75) is 40.3 Å². The number of amides is 2. The van der Waals surface area contributed by atoms with E-state index in [1.54, 1.807) is 13.8 Å². The molecule has 0 aliphatic heterocycles. The van der Waals surface area contributed by atoms with Crippen molar-refractivity contribution < 1.29 is 35.9 Å². The predicted molar refractivity (Wildman–Crippen MR) is 154 cm³/mol. The summed E-state index contributed by atoms with van der Waals surface area (Å²) in [5.74, 6) is -1.24. The highest BCUT2D eigenvalue weighted by atomic mass is 32.2. The molecule has 0 aliphatic rings. The molecule has 0 radical (unpaired) electrons. The fraction of sp³-hybridized carbons (Fsp3) is 0.280. The van der Waals surface area contributed by atoms with Crippen LogP contribution < -0.4 is 10.6 Å². The third-order valence-electron chi connectivity index (χ3n) is 5.72. The lowest BCUT2D eigenvalue weighted by Crippen LogP contribution is -2.54. The number of hydrogen-bond acceptors (Lipinski definition) is 10. The van der Waals surface area contributed by atoms with Crippen molar-refractivity contribution in [1.82, 2.24) is 20.4 Å². The van der Waals surface area contributed by atoms with Gasteiger partial charge in [-0.15, -0.1) is 20.4 Å². The summed E-state index contributed by atoms with van der Waals surface area (Å²) in [5.41, 5.74) is -6.54. The first-order chi connectivity index (χ1) is 20.2. The van der Waals surface area contributed by atoms with Crippen LogP contribution in [0.4, 0.5) is 37.7 Å². The molecule has 2 aromatic carbocycles. The zero-order valence-corrected chi connectivity index (χ0v) is 25.3. The van der Waals surface area contributed by atoms with Gasteiger partial charge in [0.2, 0.25) is 17.2 Å². The summed E-state index contributed by atoms with van der Waals surface area (Å²) in [6.45, 7) is 3.48. The number of alkyl halides is 6. The summed E-state index contributed by atoms with van der Waals surface area (Å²) in [5, 5.41) is 21.7. The predicted octanol–water partition coefficient (Wildman–Crippen LogP) is 6.88. The summed E-state index contributed by atoms with van der Waals surface area (Å²) in [6, 6.07) is 6.63. The molecule has 0 unspecified atom stereocenters. The molecular formula is C25H20F6N6O2S4. The number of hydrogen-bond donors (Lipinski definition) is 2. The Labute approximate surface area is 257 Å². The number of carbonyl (C=O) groups is 2. The molecule has 0 atom stereocenters. The van der Waals surface area contributed by atoms with Crippen molar-refractivity contribution in [3.05, 3.63) is 69.7 Å². The Kier molecular flexibility index (Phi) is 10.0. The maximum atomic E-state index is 14.5. The van der Waals surface area contributed by atoms with Crippen molar-refractivity contribution in [2.75, 3.05) is 22.1 Å². The summed E-state index contributed by atoms with van der Waals surface area (Å²) in [4.78, 5) is 24.5. The van der Waals surface area contributed by atoms with E-state index in [9.17, 15) is 35.9 Å². The molecule has 8 nitrogen and oxygen atoms in total. The molecule has 0 bridgehead atoms. The molecule has 4 aromatic rings. The van der Waals surface area contributed by atoms with E-state index in [0.717, 1.165) is 47.8 Å². The highest BCUT2D eigenvalue weighted by Gasteiger charge is 2.72. The third kappa shape index (κ3) is 7.66. The molecule has 0 fully saturated rings. The fourth-order valence-corrected chi connectivity index (χ4v) is 7.14. The Morgan fingerprint density at radius 1 is 0.651 bits per heavy atom. The number of anilines is 2. The third-order valence-corrected chi connectivity index (χ3v) is 9.67. The maximum Gasteiger partial charge on any atom is 0.411 e. The molecular weight excluding hydrogens is 659 g/mol. The van der Waals surface area contributed by atoms with E-state index in [1.165, 1.54) is 22.7 Å². The lowest BCUT2D eigenvalue weighted by atomic mass is 9.73. The average Bonchev–Trinajstić information content (AvgIpc) is 3.54. The van der Waals surface area contributed by atoms with Gasteiger partial charge in [-0.05, 0) is 49.2 Å². The number of carbonyl (C=O) groups excluding carboxylic acids is 2. The van der Waals surface area contributed by atoms with E-state index in [-0.39, 0.29) is 22.9 Å². The van der Waals surface area contributed by atoms with Gasteiger partial charge >= 0.3 is 12.4 Å². The second-order valence-corrected chi connectivity index (χ2v) is 13.6. The minimum absolute atomic E-state index is 0.0145. The van der Waals surface area contributed by atoms with E-state index in [4.69, 9.17) is 0 Å². The number of benzene rings is 2. The maximum absolute atomic E-state index is 14.5. The Hall–Kier alpha value is -3.22. The molecule has 0 saturated carbocycles. The highest BCUT2D eigenvalue weighted by Crippen LogP contribution is 2.56. The highest BCUT2D eigenvalue weighted by molar-refractivity contribution is 8.01. The molecule has 2 heterocycles. The van der Waals surface area contributed by atoms with Gasteiger partial charge in [0.05, 0.1) is 11.5 Å². The smallest absolute Gasteiger partial charge is 0.325 e. The van der Waals surface area contributed by atoms with Crippen LogP contribution in [-0.4, -0.2) is 56.1 Å². The molecule has 18 heteroatoms. The summed E-state index contributed by atoms with van der Waals surface area (Å²) in [6.07, 6.45) is -11.6. The summed E-state index contributed by atoms with van der Waals surface area (Å²) < 4.78 is 88.1. The number of rotatable bonds is 10. The lowest BCUT2D eigenvalue weighted by molar-refractivity contribution is -0.288. The zero-order valence-electron chi connectivity index (χ0n) is 22.0. The minimum atomic E-state index is -5.80. The number of aryl methyl sites for hydroxylation is 2. The van der Waals surface area contributed by atoms with Crippen molar-refractivity contribution in [2.24, 2.45) is 0 Å². The van der Waals surface area contributed by atoms with Crippen molar-refractivity contribution in [3.8, 4) is 0 Å². The van der Waals surface area contributed by atoms with Gasteiger partial charge in [-0.25, -0.2) is 0 Å². The molecule has 4 rings (SSSR count). The Morgan fingerprint density at radius 3 is 1.28 bits per heavy atom. The van der Waals surface area contributed by atoms with E-state index in [2.05, 4.69) is 31.0 Å². The van der Waals surface area contributed by atoms with Crippen LogP contribution in [0.2, 0.25) is 0 Å². The lowest BCUT2D eigenvalue weighted by Gasteiger charge is -2.38. The summed E-state index contributed by atoms with van der Waals surface area (Å²) >= 11 is 4.72. The quantitative estimate of drug-likeness (QED) is 0.138. The van der Waals surface area contributed by atoms with Crippen molar-refractivity contribution in [1.29, 1.82) is 0 Å². The van der Waals surface area contributed by atoms with Gasteiger partial charge in [0.25, 0.3) is 0 Å². The Morgan fingerprint density at radius 2 is 1.00 bits per heavy atom. The fourth-order valence-electron chi connectivity index (χ4n) is 3.91. The first-order valence-corrected chi connectivity index (χ1v) is 15.6. The van der Waals surface area contributed by atoms with Crippen LogP contribution in [0.15, 0.2) is 57.2 Å². The molecule has 43 heavy (non-hydrogen) atoms. The monoisotopic (exact) mass is 678 g/mol. The SMILES string of the molecule is Cc1nnc(SCC(=O)Nc2ccc(C(c3ccc(NC(=O)CSc4nnc(C)s4)cc3)(C(F)(F)F)C(F)(F)F)cc2)s1. The molecule has 2 N–H and O–H groups in total. The zero-order chi connectivity index (χ0) is 31.4. The molecule has 0 spiro atoms. The van der Waals surface area contributed by atoms with Crippen LogP contribution in [0.5, 0.6) is 0 Å². The van der Waals surface area contributed by atoms with E-state index in [1.807, 2.05) is 0 Å². The van der Waals surface area contributed by atoms with Gasteiger partial charge in [0, 0.05) is 11.4 Å². The largest absolute Gasteiger partial charge is 0.411 e. The molecule has 2 amide bonds. The molecule has 0 aliphatic carbocycles. The minimum Gasteiger partial charge on any atom is -0.325 e. The normalized spacial score (nSPS) is 12.3. The number of nitrogens with one attached hydrogen (secondary N) is 2. The van der Waals surface area contributed by atoms with Crippen LogP contribution in [0.3, 0.4) is 0 Å². The van der Waals surface area contributed by atoms with Crippen LogP contribution in [-0.2, 0) is 15.0 Å². The van der Waals surface area contributed by atoms with Gasteiger partial charge < -0.3 is 10.6 Å². The standard InChI is InChI=1S/C25H20F6N6O2S4/c1-13-34-36-21(42-13)40-11-19(38)32-17-7-3-15(4-8-17)23(24(26,27)28,25(29,30)31)16-5-9-18(10-6-16)33-20(39)12-41-22-37-35-14(2)43-22/h3-10H,11-12H2,1-2H3,(H,32,38)(H,33,39). The first kappa shape index (κ1) is 32.7. The topological polar surface area (TPSA) is 110 Å². The van der Waals surface area contributed by atoms with Gasteiger partial charge in [-0.1, -0.05) is 70.5 Å². The Bertz CT molecular complexity index is 1450. The van der Waals surface area contributed by atoms with E-state index < -0.39 is 40.7 Å².